The van der Waals surface area contributed by atoms with Gasteiger partial charge in [0.15, 0.2) is 0 Å². The summed E-state index contributed by atoms with van der Waals surface area (Å²) in [5, 5.41) is 11.6. The summed E-state index contributed by atoms with van der Waals surface area (Å²) in [6, 6.07) is 18.4. The molecule has 1 aromatic heterocycles. The molecule has 3 rings (SSSR count). The third kappa shape index (κ3) is 3.59. The molecule has 0 fully saturated rings. The van der Waals surface area contributed by atoms with E-state index in [0.29, 0.717) is 18.3 Å². The Morgan fingerprint density at radius 1 is 0.955 bits per heavy atom. The van der Waals surface area contributed by atoms with Crippen LogP contribution in [0, 0.1) is 6.92 Å². The first kappa shape index (κ1) is 14.5. The van der Waals surface area contributed by atoms with Gasteiger partial charge in [0.25, 0.3) is 0 Å². The van der Waals surface area contributed by atoms with Gasteiger partial charge in [-0.15, -0.1) is 10.2 Å². The van der Waals surface area contributed by atoms with Crippen molar-refractivity contribution in [3.63, 3.8) is 0 Å². The minimum Gasteiger partial charge on any atom is -0.419 e. The molecule has 4 heteroatoms. The van der Waals surface area contributed by atoms with Crippen molar-refractivity contribution in [3.05, 3.63) is 71.6 Å². The van der Waals surface area contributed by atoms with E-state index in [4.69, 9.17) is 4.42 Å². The molecule has 4 nitrogen and oxygen atoms in total. The molecule has 2 aromatic carbocycles. The number of benzene rings is 2. The standard InChI is InChI=1S/C18H19N3O/c1-14-7-5-6-10-16(14)18-21-20-17(22-18)13-19-12-11-15-8-3-2-4-9-15/h2-10,19H,11-13H2,1H3. The van der Waals surface area contributed by atoms with Crippen LogP contribution >= 0.6 is 0 Å². The Morgan fingerprint density at radius 3 is 2.55 bits per heavy atom. The van der Waals surface area contributed by atoms with Crippen molar-refractivity contribution >= 4 is 0 Å². The molecule has 0 spiro atoms. The highest BCUT2D eigenvalue weighted by molar-refractivity contribution is 5.57. The number of hydrogen-bond acceptors (Lipinski definition) is 4. The number of nitrogens with zero attached hydrogens (tertiary/aromatic N) is 2. The van der Waals surface area contributed by atoms with Crippen molar-refractivity contribution in [2.45, 2.75) is 19.9 Å². The average Bonchev–Trinajstić information content (AvgIpc) is 3.02. The van der Waals surface area contributed by atoms with Crippen molar-refractivity contribution in [1.29, 1.82) is 0 Å². The number of nitrogens with one attached hydrogen (secondary N) is 1. The molecular formula is C18H19N3O. The lowest BCUT2D eigenvalue weighted by Gasteiger charge is -2.02. The maximum Gasteiger partial charge on any atom is 0.248 e. The smallest absolute Gasteiger partial charge is 0.248 e. The van der Waals surface area contributed by atoms with Crippen LogP contribution in [0.4, 0.5) is 0 Å². The number of rotatable bonds is 6. The Bertz CT molecular complexity index is 722. The normalized spacial score (nSPS) is 10.8. The molecule has 22 heavy (non-hydrogen) atoms. The van der Waals surface area contributed by atoms with E-state index in [2.05, 4.69) is 39.8 Å². The second-order valence-electron chi connectivity index (χ2n) is 5.23. The van der Waals surface area contributed by atoms with Crippen LogP contribution in [0.5, 0.6) is 0 Å². The molecule has 0 unspecified atom stereocenters. The molecule has 0 bridgehead atoms. The van der Waals surface area contributed by atoms with E-state index in [1.165, 1.54) is 5.56 Å². The summed E-state index contributed by atoms with van der Waals surface area (Å²) in [7, 11) is 0. The second-order valence-corrected chi connectivity index (χ2v) is 5.23. The van der Waals surface area contributed by atoms with Crippen LogP contribution in [0.1, 0.15) is 17.0 Å². The van der Waals surface area contributed by atoms with Gasteiger partial charge in [0.2, 0.25) is 11.8 Å². The molecule has 0 amide bonds. The predicted octanol–water partition coefficient (Wildman–Crippen LogP) is 3.38. The molecule has 1 N–H and O–H groups in total. The van der Waals surface area contributed by atoms with Crippen LogP contribution in [0.2, 0.25) is 0 Å². The molecule has 1 heterocycles. The van der Waals surface area contributed by atoms with Crippen LogP contribution < -0.4 is 5.32 Å². The maximum absolute atomic E-state index is 5.72. The number of aromatic nitrogens is 2. The zero-order valence-electron chi connectivity index (χ0n) is 12.6. The molecule has 112 valence electrons. The topological polar surface area (TPSA) is 51.0 Å². The summed E-state index contributed by atoms with van der Waals surface area (Å²) in [5.74, 6) is 1.20. The average molecular weight is 293 g/mol. The number of hydrogen-bond donors (Lipinski definition) is 1. The van der Waals surface area contributed by atoms with Gasteiger partial charge in [-0.2, -0.15) is 0 Å². The van der Waals surface area contributed by atoms with Gasteiger partial charge < -0.3 is 9.73 Å². The second kappa shape index (κ2) is 7.00. The molecule has 3 aromatic rings. The Hall–Kier alpha value is -2.46. The Morgan fingerprint density at radius 2 is 1.73 bits per heavy atom. The first-order valence-corrected chi connectivity index (χ1v) is 7.46. The van der Waals surface area contributed by atoms with Crippen LogP contribution in [0.15, 0.2) is 59.0 Å². The van der Waals surface area contributed by atoms with Crippen molar-refractivity contribution in [2.24, 2.45) is 0 Å². The third-order valence-electron chi connectivity index (χ3n) is 3.55. The highest BCUT2D eigenvalue weighted by atomic mass is 16.4. The summed E-state index contributed by atoms with van der Waals surface area (Å²) in [6.45, 7) is 3.51. The Labute approximate surface area is 130 Å². The van der Waals surface area contributed by atoms with E-state index >= 15 is 0 Å². The molecule has 0 saturated carbocycles. The largest absolute Gasteiger partial charge is 0.419 e. The summed E-state index contributed by atoms with van der Waals surface area (Å²) >= 11 is 0. The van der Waals surface area contributed by atoms with Gasteiger partial charge in [0.05, 0.1) is 6.54 Å². The van der Waals surface area contributed by atoms with Gasteiger partial charge in [-0.1, -0.05) is 48.5 Å². The minimum absolute atomic E-state index is 0.581. The van der Waals surface area contributed by atoms with Crippen molar-refractivity contribution < 1.29 is 4.42 Å². The van der Waals surface area contributed by atoms with Crippen LogP contribution in [-0.4, -0.2) is 16.7 Å². The summed E-state index contributed by atoms with van der Waals surface area (Å²) < 4.78 is 5.72. The zero-order valence-corrected chi connectivity index (χ0v) is 12.6. The summed E-state index contributed by atoms with van der Waals surface area (Å²) in [5.41, 5.74) is 3.45. The monoisotopic (exact) mass is 293 g/mol. The van der Waals surface area contributed by atoms with Crippen LogP contribution in [0.25, 0.3) is 11.5 Å². The van der Waals surface area contributed by atoms with Crippen LogP contribution in [-0.2, 0) is 13.0 Å². The molecule has 0 atom stereocenters. The van der Waals surface area contributed by atoms with Gasteiger partial charge in [0, 0.05) is 5.56 Å². The van der Waals surface area contributed by atoms with E-state index in [1.54, 1.807) is 0 Å². The van der Waals surface area contributed by atoms with Crippen LogP contribution in [0.3, 0.4) is 0 Å². The van der Waals surface area contributed by atoms with Gasteiger partial charge in [-0.05, 0) is 37.1 Å². The molecular weight excluding hydrogens is 274 g/mol. The van der Waals surface area contributed by atoms with Gasteiger partial charge in [0.1, 0.15) is 0 Å². The van der Waals surface area contributed by atoms with E-state index in [9.17, 15) is 0 Å². The first-order valence-electron chi connectivity index (χ1n) is 7.46. The number of aryl methyl sites for hydroxylation is 1. The third-order valence-corrected chi connectivity index (χ3v) is 3.55. The zero-order chi connectivity index (χ0) is 15.2. The van der Waals surface area contributed by atoms with Gasteiger partial charge in [-0.25, -0.2) is 0 Å². The molecule has 0 saturated heterocycles. The lowest BCUT2D eigenvalue weighted by Crippen LogP contribution is -2.16. The van der Waals surface area contributed by atoms with Crippen molar-refractivity contribution in [3.8, 4) is 11.5 Å². The maximum atomic E-state index is 5.72. The summed E-state index contributed by atoms with van der Waals surface area (Å²) in [4.78, 5) is 0. The minimum atomic E-state index is 0.581. The van der Waals surface area contributed by atoms with Gasteiger partial charge in [-0.3, -0.25) is 0 Å². The highest BCUT2D eigenvalue weighted by Crippen LogP contribution is 2.21. The fourth-order valence-electron chi connectivity index (χ4n) is 2.32. The van der Waals surface area contributed by atoms with Crippen molar-refractivity contribution in [2.75, 3.05) is 6.54 Å². The lowest BCUT2D eigenvalue weighted by molar-refractivity contribution is 0.478. The Kier molecular flexibility index (Phi) is 4.61. The van der Waals surface area contributed by atoms with Gasteiger partial charge >= 0.3 is 0 Å². The first-order chi connectivity index (χ1) is 10.8. The van der Waals surface area contributed by atoms with E-state index in [0.717, 1.165) is 24.1 Å². The summed E-state index contributed by atoms with van der Waals surface area (Å²) in [6.07, 6.45) is 0.986. The SMILES string of the molecule is Cc1ccccc1-c1nnc(CNCCc2ccccc2)o1. The predicted molar refractivity (Wildman–Crippen MR) is 86.3 cm³/mol. The molecule has 0 aliphatic rings. The highest BCUT2D eigenvalue weighted by Gasteiger charge is 2.09. The Balaban J connectivity index is 1.53. The fraction of sp³-hybridized carbons (Fsp3) is 0.222. The molecule has 0 radical (unpaired) electrons. The fourth-order valence-corrected chi connectivity index (χ4v) is 2.32. The molecule has 0 aliphatic carbocycles. The molecule has 0 aliphatic heterocycles. The quantitative estimate of drug-likeness (QED) is 0.708. The van der Waals surface area contributed by atoms with E-state index < -0.39 is 0 Å². The van der Waals surface area contributed by atoms with E-state index in [-0.39, 0.29) is 0 Å². The lowest BCUT2D eigenvalue weighted by atomic mass is 10.1. The van der Waals surface area contributed by atoms with Crippen molar-refractivity contribution in [1.82, 2.24) is 15.5 Å². The van der Waals surface area contributed by atoms with E-state index in [1.807, 2.05) is 37.3 Å².